The van der Waals surface area contributed by atoms with Gasteiger partial charge in [-0.2, -0.15) is 0 Å². The fraction of sp³-hybridized carbons (Fsp3) is 0.143. The third kappa shape index (κ3) is 3.86. The highest BCUT2D eigenvalue weighted by Crippen LogP contribution is 2.31. The van der Waals surface area contributed by atoms with Crippen molar-refractivity contribution in [2.24, 2.45) is 11.0 Å². The van der Waals surface area contributed by atoms with E-state index in [1.54, 1.807) is 0 Å². The first-order chi connectivity index (χ1) is 8.77. The Hall–Kier alpha value is -0.780. The quantitative estimate of drug-likeness (QED) is 0.824. The third-order valence-corrected chi connectivity index (χ3v) is 6.44. The Bertz CT molecular complexity index is 416. The van der Waals surface area contributed by atoms with Crippen LogP contribution in [0.25, 0.3) is 0 Å². The normalized spacial score (nSPS) is 14.1. The van der Waals surface area contributed by atoms with E-state index < -0.39 is 16.1 Å². The first-order valence-electron chi connectivity index (χ1n) is 5.92. The fourth-order valence-electron chi connectivity index (χ4n) is 1.71. The van der Waals surface area contributed by atoms with Crippen molar-refractivity contribution in [3.05, 3.63) is 60.7 Å². The minimum absolute atomic E-state index is 0.562. The molecule has 0 radical (unpaired) electrons. The van der Waals surface area contributed by atoms with E-state index in [1.807, 2.05) is 36.4 Å². The lowest BCUT2D eigenvalue weighted by molar-refractivity contribution is 1.47. The van der Waals surface area contributed by atoms with Crippen LogP contribution < -0.4 is 21.6 Å². The van der Waals surface area contributed by atoms with Crippen LogP contribution in [-0.2, 0) is 0 Å². The van der Waals surface area contributed by atoms with Crippen LogP contribution in [0.5, 0.6) is 0 Å². The van der Waals surface area contributed by atoms with Crippen LogP contribution in [0.4, 0.5) is 0 Å². The molecule has 0 saturated carbocycles. The molecule has 2 unspecified atom stereocenters. The molecular weight excluding hydrogens is 258 g/mol. The van der Waals surface area contributed by atoms with Gasteiger partial charge in [0.2, 0.25) is 0 Å². The van der Waals surface area contributed by atoms with E-state index in [0.717, 1.165) is 12.3 Å². The van der Waals surface area contributed by atoms with Crippen molar-refractivity contribution in [1.82, 2.24) is 0 Å². The van der Waals surface area contributed by atoms with Crippen LogP contribution in [0.3, 0.4) is 0 Å². The van der Waals surface area contributed by atoms with E-state index in [1.165, 1.54) is 10.6 Å². The highest BCUT2D eigenvalue weighted by molar-refractivity contribution is 7.67. The minimum Gasteiger partial charge on any atom is -0.306 e. The fourth-order valence-corrected chi connectivity index (χ4v) is 5.06. The number of nitrogens with two attached hydrogens (primary N) is 2. The molecule has 2 rings (SSSR count). The third-order valence-electron chi connectivity index (χ3n) is 2.76. The molecule has 0 aliphatic carbocycles. The Morgan fingerprint density at radius 3 is 1.28 bits per heavy atom. The monoisotopic (exact) mass is 276 g/mol. The molecule has 18 heavy (non-hydrogen) atoms. The highest BCUT2D eigenvalue weighted by Gasteiger charge is 2.09. The lowest BCUT2D eigenvalue weighted by atomic mass is 10.4. The summed E-state index contributed by atoms with van der Waals surface area (Å²) in [7, 11) is -1.12. The molecule has 0 saturated heterocycles. The summed E-state index contributed by atoms with van der Waals surface area (Å²) in [6, 6.07) is 20.6. The smallest absolute Gasteiger partial charge is 0.00921 e. The molecule has 0 aliphatic heterocycles. The molecule has 2 aromatic carbocycles. The van der Waals surface area contributed by atoms with Gasteiger partial charge in [0.25, 0.3) is 0 Å². The predicted octanol–water partition coefficient (Wildman–Crippen LogP) is 2.35. The molecule has 94 valence electrons. The van der Waals surface area contributed by atoms with Gasteiger partial charge < -0.3 is 11.0 Å². The van der Waals surface area contributed by atoms with Gasteiger partial charge in [0.05, 0.1) is 0 Å². The number of hydrogen-bond acceptors (Lipinski definition) is 2. The zero-order valence-corrected chi connectivity index (χ0v) is 12.0. The van der Waals surface area contributed by atoms with E-state index in [0.29, 0.717) is 0 Å². The average molecular weight is 276 g/mol. The van der Waals surface area contributed by atoms with Crippen LogP contribution in [0.2, 0.25) is 0 Å². The van der Waals surface area contributed by atoms with Crippen molar-refractivity contribution >= 4 is 26.8 Å². The van der Waals surface area contributed by atoms with Crippen LogP contribution in [0.1, 0.15) is 0 Å². The molecule has 2 aromatic rings. The van der Waals surface area contributed by atoms with Gasteiger partial charge in [-0.05, 0) is 39.1 Å². The molecule has 4 N–H and O–H groups in total. The first kappa shape index (κ1) is 13.6. The lowest BCUT2D eigenvalue weighted by Crippen LogP contribution is -2.15. The molecule has 0 aromatic heterocycles. The molecule has 0 spiro atoms. The number of rotatable bonds is 5. The van der Waals surface area contributed by atoms with Crippen molar-refractivity contribution in [2.75, 3.05) is 12.3 Å². The largest absolute Gasteiger partial charge is 0.306 e. The maximum Gasteiger partial charge on any atom is -0.00921 e. The van der Waals surface area contributed by atoms with Gasteiger partial charge in [0, 0.05) is 0 Å². The summed E-state index contributed by atoms with van der Waals surface area (Å²) in [5.74, 6) is 0. The number of benzene rings is 2. The highest BCUT2D eigenvalue weighted by atomic mass is 31.1. The van der Waals surface area contributed by atoms with Crippen molar-refractivity contribution in [3.63, 3.8) is 0 Å². The average Bonchev–Trinajstić information content (AvgIpc) is 2.46. The topological polar surface area (TPSA) is 52.0 Å². The van der Waals surface area contributed by atoms with Crippen molar-refractivity contribution in [3.8, 4) is 0 Å². The summed E-state index contributed by atoms with van der Waals surface area (Å²) in [6.07, 6.45) is 1.99. The molecule has 0 amide bonds. The first-order valence-corrected chi connectivity index (χ1v) is 9.11. The van der Waals surface area contributed by atoms with Gasteiger partial charge in [-0.1, -0.05) is 60.7 Å². The molecule has 0 aliphatic rings. The van der Waals surface area contributed by atoms with Gasteiger partial charge in [-0.25, -0.2) is 0 Å². The maximum atomic E-state index is 6.24. The van der Waals surface area contributed by atoms with E-state index in [9.17, 15) is 0 Å². The van der Waals surface area contributed by atoms with E-state index in [2.05, 4.69) is 24.3 Å². The molecular formula is C14H18N2P2. The molecule has 2 nitrogen and oxygen atoms in total. The summed E-state index contributed by atoms with van der Waals surface area (Å²) in [4.78, 5) is 0. The van der Waals surface area contributed by atoms with Gasteiger partial charge in [0.15, 0.2) is 0 Å². The second-order valence-corrected chi connectivity index (χ2v) is 7.86. The van der Waals surface area contributed by atoms with Crippen molar-refractivity contribution in [2.45, 2.75) is 0 Å². The van der Waals surface area contributed by atoms with Gasteiger partial charge in [-0.15, -0.1) is 0 Å². The van der Waals surface area contributed by atoms with Crippen LogP contribution in [0.15, 0.2) is 60.7 Å². The Kier molecular flexibility index (Phi) is 5.28. The van der Waals surface area contributed by atoms with E-state index in [4.69, 9.17) is 11.0 Å². The van der Waals surface area contributed by atoms with Crippen LogP contribution >= 0.6 is 16.1 Å². The van der Waals surface area contributed by atoms with E-state index >= 15 is 0 Å². The van der Waals surface area contributed by atoms with Gasteiger partial charge >= 0.3 is 0 Å². The predicted molar refractivity (Wildman–Crippen MR) is 84.1 cm³/mol. The maximum absolute atomic E-state index is 6.24. The van der Waals surface area contributed by atoms with Gasteiger partial charge in [-0.3, -0.25) is 0 Å². The molecule has 0 heterocycles. The second-order valence-electron chi connectivity index (χ2n) is 4.06. The molecule has 0 fully saturated rings. The summed E-state index contributed by atoms with van der Waals surface area (Å²) in [5.41, 5.74) is 12.5. The Labute approximate surface area is 111 Å². The summed E-state index contributed by atoms with van der Waals surface area (Å²) in [5, 5.41) is 2.51. The summed E-state index contributed by atoms with van der Waals surface area (Å²) >= 11 is 0. The van der Waals surface area contributed by atoms with Gasteiger partial charge in [0.1, 0.15) is 0 Å². The minimum atomic E-state index is -0.562. The second kappa shape index (κ2) is 6.97. The van der Waals surface area contributed by atoms with Crippen molar-refractivity contribution < 1.29 is 0 Å². The van der Waals surface area contributed by atoms with Crippen LogP contribution in [-0.4, -0.2) is 12.3 Å². The lowest BCUT2D eigenvalue weighted by Gasteiger charge is -2.16. The number of hydrogen-bond donors (Lipinski definition) is 2. The Morgan fingerprint density at radius 2 is 0.944 bits per heavy atom. The molecule has 4 heteroatoms. The zero-order chi connectivity index (χ0) is 12.8. The van der Waals surface area contributed by atoms with E-state index in [-0.39, 0.29) is 0 Å². The zero-order valence-electron chi connectivity index (χ0n) is 10.2. The summed E-state index contributed by atoms with van der Waals surface area (Å²) in [6.45, 7) is 0. The van der Waals surface area contributed by atoms with Crippen molar-refractivity contribution in [1.29, 1.82) is 0 Å². The Balaban J connectivity index is 1.89. The molecule has 2 atom stereocenters. The summed E-state index contributed by atoms with van der Waals surface area (Å²) < 4.78 is 0. The molecule has 0 bridgehead atoms. The Morgan fingerprint density at radius 1 is 0.611 bits per heavy atom. The SMILES string of the molecule is NP(CCP(N)c1ccccc1)c1ccccc1. The van der Waals surface area contributed by atoms with Crippen LogP contribution in [0, 0.1) is 0 Å². The standard InChI is InChI=1S/C14H18N2P2/c15-17(13-7-3-1-4-8-13)11-12-18(16)14-9-5-2-6-10-14/h1-10H,11-12,15-16H2.